The molecule has 0 bridgehead atoms. The second kappa shape index (κ2) is 4.42. The van der Waals surface area contributed by atoms with Crippen LogP contribution in [0.15, 0.2) is 70.7 Å². The molecule has 0 N–H and O–H groups in total. The van der Waals surface area contributed by atoms with Crippen LogP contribution >= 0.6 is 0 Å². The summed E-state index contributed by atoms with van der Waals surface area (Å²) < 4.78 is 0. The summed E-state index contributed by atoms with van der Waals surface area (Å²) in [6, 6.07) is 12.4. The fraction of sp³-hybridized carbons (Fsp3) is 0. The number of para-hydroxylation sites is 1. The smallest absolute Gasteiger partial charge is 0.0802 e. The van der Waals surface area contributed by atoms with E-state index in [1.54, 1.807) is 0 Å². The summed E-state index contributed by atoms with van der Waals surface area (Å²) in [4.78, 5) is 9.31. The van der Waals surface area contributed by atoms with Gasteiger partial charge in [-0.1, -0.05) is 48.6 Å². The minimum atomic E-state index is 0.993. The van der Waals surface area contributed by atoms with Gasteiger partial charge in [0.2, 0.25) is 0 Å². The molecular weight excluding hydrogens is 244 g/mol. The van der Waals surface area contributed by atoms with Crippen LogP contribution in [0.2, 0.25) is 0 Å². The first-order valence-corrected chi connectivity index (χ1v) is 6.62. The van der Waals surface area contributed by atoms with E-state index in [0.717, 1.165) is 33.1 Å². The molecule has 0 radical (unpaired) electrons. The minimum absolute atomic E-state index is 0.993. The van der Waals surface area contributed by atoms with Crippen molar-refractivity contribution in [2.24, 2.45) is 9.98 Å². The molecule has 2 aliphatic rings. The molecule has 0 aliphatic carbocycles. The van der Waals surface area contributed by atoms with Crippen LogP contribution < -0.4 is 10.6 Å². The van der Waals surface area contributed by atoms with E-state index in [1.165, 1.54) is 0 Å². The van der Waals surface area contributed by atoms with E-state index in [-0.39, 0.29) is 0 Å². The third kappa shape index (κ3) is 1.66. The zero-order valence-electron chi connectivity index (χ0n) is 10.8. The Kier molecular flexibility index (Phi) is 2.46. The molecule has 2 heterocycles. The van der Waals surface area contributed by atoms with Crippen molar-refractivity contribution in [3.05, 3.63) is 71.3 Å². The van der Waals surface area contributed by atoms with Crippen LogP contribution in [0.4, 0.5) is 11.4 Å². The van der Waals surface area contributed by atoms with Crippen molar-refractivity contribution in [3.8, 4) is 11.1 Å². The Morgan fingerprint density at radius 2 is 1.70 bits per heavy atom. The van der Waals surface area contributed by atoms with Crippen molar-refractivity contribution in [2.45, 2.75) is 0 Å². The van der Waals surface area contributed by atoms with Gasteiger partial charge in [-0.3, -0.25) is 4.99 Å². The fourth-order valence-electron chi connectivity index (χ4n) is 2.60. The second-order valence-corrected chi connectivity index (χ2v) is 4.74. The summed E-state index contributed by atoms with van der Waals surface area (Å²) in [6.07, 6.45) is 11.9. The highest BCUT2D eigenvalue weighted by atomic mass is 14.8. The third-order valence-electron chi connectivity index (χ3n) is 3.50. The van der Waals surface area contributed by atoms with E-state index >= 15 is 0 Å². The predicted molar refractivity (Wildman–Crippen MR) is 83.2 cm³/mol. The maximum absolute atomic E-state index is 4.68. The van der Waals surface area contributed by atoms with Gasteiger partial charge < -0.3 is 0 Å². The lowest BCUT2D eigenvalue weighted by Gasteiger charge is -2.04. The van der Waals surface area contributed by atoms with Crippen LogP contribution in [0.3, 0.4) is 0 Å². The third-order valence-corrected chi connectivity index (χ3v) is 3.50. The Bertz CT molecular complexity index is 900. The van der Waals surface area contributed by atoms with E-state index in [0.29, 0.717) is 0 Å². The Labute approximate surface area is 116 Å². The molecule has 2 heteroatoms. The van der Waals surface area contributed by atoms with Gasteiger partial charge in [-0.2, -0.15) is 0 Å². The van der Waals surface area contributed by atoms with Gasteiger partial charge in [0.1, 0.15) is 0 Å². The lowest BCUT2D eigenvalue weighted by atomic mass is 10.0. The molecule has 4 rings (SSSR count). The Morgan fingerprint density at radius 1 is 0.800 bits per heavy atom. The van der Waals surface area contributed by atoms with Crippen molar-refractivity contribution in [1.29, 1.82) is 0 Å². The van der Waals surface area contributed by atoms with Gasteiger partial charge in [0.05, 0.1) is 16.7 Å². The quantitative estimate of drug-likeness (QED) is 0.590. The van der Waals surface area contributed by atoms with Crippen LogP contribution in [-0.2, 0) is 0 Å². The second-order valence-electron chi connectivity index (χ2n) is 4.74. The highest BCUT2D eigenvalue weighted by Crippen LogP contribution is 2.36. The number of rotatable bonds is 0. The SMILES string of the molecule is C1=Nc2c3c(cc/c2=C/C=C\C=C/1)=Nc1ccccc1-3. The number of nitrogens with zero attached hydrogens (tertiary/aromatic N) is 2. The number of hydrogen-bond acceptors (Lipinski definition) is 2. The van der Waals surface area contributed by atoms with Crippen LogP contribution in [0.25, 0.3) is 17.2 Å². The van der Waals surface area contributed by atoms with Crippen LogP contribution in [0, 0.1) is 0 Å². The van der Waals surface area contributed by atoms with Gasteiger partial charge in [-0.25, -0.2) is 4.99 Å². The van der Waals surface area contributed by atoms with E-state index in [4.69, 9.17) is 0 Å². The minimum Gasteiger partial charge on any atom is -0.256 e. The Balaban J connectivity index is 2.11. The van der Waals surface area contributed by atoms with Crippen molar-refractivity contribution in [3.63, 3.8) is 0 Å². The summed E-state index contributed by atoms with van der Waals surface area (Å²) in [5.74, 6) is 0. The number of hydrogen-bond donors (Lipinski definition) is 0. The van der Waals surface area contributed by atoms with Gasteiger partial charge in [0, 0.05) is 22.6 Å². The van der Waals surface area contributed by atoms with Crippen molar-refractivity contribution >= 4 is 23.7 Å². The lowest BCUT2D eigenvalue weighted by Crippen LogP contribution is -2.10. The molecule has 0 atom stereocenters. The molecule has 2 aliphatic heterocycles. The maximum atomic E-state index is 4.68. The zero-order valence-corrected chi connectivity index (χ0v) is 10.8. The predicted octanol–water partition coefficient (Wildman–Crippen LogP) is 3.23. The largest absolute Gasteiger partial charge is 0.256 e. The normalized spacial score (nSPS) is 19.1. The molecule has 0 fully saturated rings. The molecule has 0 unspecified atom stereocenters. The number of allylic oxidation sites excluding steroid dienone is 4. The number of aliphatic imine (C=N–C) groups is 1. The first-order chi connectivity index (χ1) is 9.93. The van der Waals surface area contributed by atoms with E-state index in [2.05, 4.69) is 34.3 Å². The van der Waals surface area contributed by atoms with Crippen molar-refractivity contribution in [1.82, 2.24) is 0 Å². The summed E-state index contributed by atoms with van der Waals surface area (Å²) in [5, 5.41) is 2.12. The van der Waals surface area contributed by atoms with E-state index < -0.39 is 0 Å². The first-order valence-electron chi connectivity index (χ1n) is 6.62. The fourth-order valence-corrected chi connectivity index (χ4v) is 2.60. The topological polar surface area (TPSA) is 24.7 Å². The van der Waals surface area contributed by atoms with Gasteiger partial charge >= 0.3 is 0 Å². The number of benzene rings is 2. The van der Waals surface area contributed by atoms with Crippen LogP contribution in [0.5, 0.6) is 0 Å². The van der Waals surface area contributed by atoms with Crippen molar-refractivity contribution in [2.75, 3.05) is 0 Å². The molecule has 2 aromatic rings. The molecule has 2 nitrogen and oxygen atoms in total. The molecule has 2 aromatic carbocycles. The van der Waals surface area contributed by atoms with E-state index in [1.807, 2.05) is 48.7 Å². The highest BCUT2D eigenvalue weighted by Gasteiger charge is 2.17. The molecule has 0 saturated carbocycles. The van der Waals surface area contributed by atoms with Gasteiger partial charge in [-0.15, -0.1) is 0 Å². The Hall–Kier alpha value is -2.74. The first kappa shape index (κ1) is 11.1. The molecule has 0 saturated heterocycles. The van der Waals surface area contributed by atoms with E-state index in [9.17, 15) is 0 Å². The van der Waals surface area contributed by atoms with Gasteiger partial charge in [0.15, 0.2) is 0 Å². The average molecular weight is 256 g/mol. The monoisotopic (exact) mass is 256 g/mol. The molecule has 94 valence electrons. The molecule has 0 aromatic heterocycles. The molecule has 20 heavy (non-hydrogen) atoms. The van der Waals surface area contributed by atoms with Gasteiger partial charge in [0.25, 0.3) is 0 Å². The molecule has 0 spiro atoms. The van der Waals surface area contributed by atoms with Crippen LogP contribution in [-0.4, -0.2) is 6.21 Å². The maximum Gasteiger partial charge on any atom is 0.0802 e. The Morgan fingerprint density at radius 3 is 2.70 bits per heavy atom. The average Bonchev–Trinajstić information content (AvgIpc) is 2.90. The number of fused-ring (bicyclic) bond motifs is 5. The summed E-state index contributed by atoms with van der Waals surface area (Å²) in [7, 11) is 0. The van der Waals surface area contributed by atoms with Crippen LogP contribution in [0.1, 0.15) is 0 Å². The molecule has 0 amide bonds. The highest BCUT2D eigenvalue weighted by molar-refractivity contribution is 5.89. The summed E-state index contributed by atoms with van der Waals surface area (Å²) >= 11 is 0. The van der Waals surface area contributed by atoms with Gasteiger partial charge in [-0.05, 0) is 18.2 Å². The van der Waals surface area contributed by atoms with Crippen molar-refractivity contribution < 1.29 is 0 Å². The zero-order chi connectivity index (χ0) is 13.4. The summed E-state index contributed by atoms with van der Waals surface area (Å²) in [6.45, 7) is 0. The summed E-state index contributed by atoms with van der Waals surface area (Å²) in [5.41, 5.74) is 4.32. The molecular formula is C18H12N2. The lowest BCUT2D eigenvalue weighted by molar-refractivity contribution is 1.39. The standard InChI is InChI=1S/C18H12N2/c1-2-6-12-19-18-13(7-3-1)10-11-16-17(18)14-8-4-5-9-15(14)20-16/h1-12H/b2-1?,3-1-,6-2-,7-3?,12-6?,13-7-,19-12?,19-18?.